The Labute approximate surface area is 71.4 Å². The van der Waals surface area contributed by atoms with E-state index in [4.69, 9.17) is 16.6 Å². The van der Waals surface area contributed by atoms with Gasteiger partial charge in [-0.15, -0.1) is 12.4 Å². The number of hydrogen-bond donors (Lipinski definition) is 3. The van der Waals surface area contributed by atoms with Gasteiger partial charge in [0.1, 0.15) is 0 Å². The van der Waals surface area contributed by atoms with Crippen LogP contribution in [0.15, 0.2) is 18.2 Å². The van der Waals surface area contributed by atoms with Crippen LogP contribution in [-0.4, -0.2) is 5.11 Å². The highest BCUT2D eigenvalue weighted by molar-refractivity contribution is 5.85. The first-order valence-electron chi connectivity index (χ1n) is 2.98. The molecule has 0 aliphatic rings. The SMILES string of the molecule is Cl.Nc1cc(N)cc(CO)c1. The lowest BCUT2D eigenvalue weighted by atomic mass is 10.2. The Hall–Kier alpha value is -0.930. The Morgan fingerprint density at radius 1 is 1.09 bits per heavy atom. The lowest BCUT2D eigenvalue weighted by molar-refractivity contribution is 0.282. The molecule has 0 aliphatic carbocycles. The molecule has 0 bridgehead atoms. The van der Waals surface area contributed by atoms with Gasteiger partial charge in [0, 0.05) is 11.4 Å². The maximum atomic E-state index is 8.68. The van der Waals surface area contributed by atoms with Gasteiger partial charge in [-0.25, -0.2) is 0 Å². The van der Waals surface area contributed by atoms with Crippen molar-refractivity contribution in [3.63, 3.8) is 0 Å². The molecule has 4 heteroatoms. The van der Waals surface area contributed by atoms with Crippen molar-refractivity contribution in [2.24, 2.45) is 0 Å². The quantitative estimate of drug-likeness (QED) is 0.551. The van der Waals surface area contributed by atoms with Crippen LogP contribution in [0.1, 0.15) is 5.56 Å². The summed E-state index contributed by atoms with van der Waals surface area (Å²) in [6, 6.07) is 5.03. The molecule has 0 aliphatic heterocycles. The Bertz CT molecular complexity index is 220. The summed E-state index contributed by atoms with van der Waals surface area (Å²) in [5.41, 5.74) is 12.8. The summed E-state index contributed by atoms with van der Waals surface area (Å²) < 4.78 is 0. The van der Waals surface area contributed by atoms with Gasteiger partial charge in [-0.1, -0.05) is 0 Å². The third-order valence-corrected chi connectivity index (χ3v) is 1.22. The zero-order valence-electron chi connectivity index (χ0n) is 5.95. The van der Waals surface area contributed by atoms with E-state index in [-0.39, 0.29) is 19.0 Å². The second-order valence-corrected chi connectivity index (χ2v) is 2.17. The molecule has 62 valence electrons. The number of anilines is 2. The van der Waals surface area contributed by atoms with Crippen molar-refractivity contribution in [3.8, 4) is 0 Å². The molecule has 3 nitrogen and oxygen atoms in total. The molecule has 0 saturated heterocycles. The Morgan fingerprint density at radius 2 is 1.55 bits per heavy atom. The molecule has 0 radical (unpaired) electrons. The van der Waals surface area contributed by atoms with Crippen LogP contribution in [0.4, 0.5) is 11.4 Å². The number of halogens is 1. The summed E-state index contributed by atoms with van der Waals surface area (Å²) in [4.78, 5) is 0. The zero-order valence-corrected chi connectivity index (χ0v) is 6.77. The first-order valence-corrected chi connectivity index (χ1v) is 2.98. The van der Waals surface area contributed by atoms with Crippen LogP contribution in [0.2, 0.25) is 0 Å². The Kier molecular flexibility index (Phi) is 3.71. The second-order valence-electron chi connectivity index (χ2n) is 2.17. The third kappa shape index (κ3) is 2.65. The fourth-order valence-electron chi connectivity index (χ4n) is 0.837. The summed E-state index contributed by atoms with van der Waals surface area (Å²) in [7, 11) is 0. The average molecular weight is 175 g/mol. The fourth-order valence-corrected chi connectivity index (χ4v) is 0.837. The van der Waals surface area contributed by atoms with Gasteiger partial charge >= 0.3 is 0 Å². The van der Waals surface area contributed by atoms with Crippen LogP contribution in [0.3, 0.4) is 0 Å². The standard InChI is InChI=1S/C7H10N2O.ClH/c8-6-1-5(4-10)2-7(9)3-6;/h1-3,10H,4,8-9H2;1H. The highest BCUT2D eigenvalue weighted by atomic mass is 35.5. The van der Waals surface area contributed by atoms with Crippen molar-refractivity contribution in [1.82, 2.24) is 0 Å². The predicted molar refractivity (Wildman–Crippen MR) is 48.4 cm³/mol. The highest BCUT2D eigenvalue weighted by Crippen LogP contribution is 2.12. The maximum absolute atomic E-state index is 8.68. The number of aliphatic hydroxyl groups excluding tert-OH is 1. The van der Waals surface area contributed by atoms with Gasteiger partial charge in [0.15, 0.2) is 0 Å². The number of benzene rings is 1. The number of aliphatic hydroxyl groups is 1. The smallest absolute Gasteiger partial charge is 0.0683 e. The number of nitrogen functional groups attached to an aromatic ring is 2. The molecule has 0 amide bonds. The van der Waals surface area contributed by atoms with E-state index in [9.17, 15) is 0 Å². The first-order chi connectivity index (χ1) is 4.72. The van der Waals surface area contributed by atoms with Gasteiger partial charge in [-0.3, -0.25) is 0 Å². The van der Waals surface area contributed by atoms with Crippen molar-refractivity contribution < 1.29 is 5.11 Å². The summed E-state index contributed by atoms with van der Waals surface area (Å²) in [6.07, 6.45) is 0. The van der Waals surface area contributed by atoms with E-state index >= 15 is 0 Å². The van der Waals surface area contributed by atoms with Crippen LogP contribution in [0.5, 0.6) is 0 Å². The number of rotatable bonds is 1. The molecule has 1 rings (SSSR count). The van der Waals surface area contributed by atoms with E-state index in [0.29, 0.717) is 11.4 Å². The third-order valence-electron chi connectivity index (χ3n) is 1.22. The van der Waals surface area contributed by atoms with E-state index in [0.717, 1.165) is 5.56 Å². The molecule has 0 fully saturated rings. The number of hydrogen-bond acceptors (Lipinski definition) is 3. The van der Waals surface area contributed by atoms with Crippen molar-refractivity contribution in [3.05, 3.63) is 23.8 Å². The Balaban J connectivity index is 0.000001000. The molecule has 0 spiro atoms. The molecule has 11 heavy (non-hydrogen) atoms. The fraction of sp³-hybridized carbons (Fsp3) is 0.143. The highest BCUT2D eigenvalue weighted by Gasteiger charge is 1.93. The largest absolute Gasteiger partial charge is 0.399 e. The normalized spacial score (nSPS) is 8.82. The predicted octanol–water partition coefficient (Wildman–Crippen LogP) is 0.765. The molecule has 1 aromatic carbocycles. The number of nitrogens with two attached hydrogens (primary N) is 2. The van der Waals surface area contributed by atoms with E-state index in [1.807, 2.05) is 0 Å². The van der Waals surface area contributed by atoms with E-state index in [1.165, 1.54) is 0 Å². The van der Waals surface area contributed by atoms with Crippen molar-refractivity contribution in [2.75, 3.05) is 11.5 Å². The topological polar surface area (TPSA) is 72.3 Å². The molecule has 1 aromatic rings. The minimum absolute atomic E-state index is 0. The van der Waals surface area contributed by atoms with Crippen LogP contribution in [0, 0.1) is 0 Å². The van der Waals surface area contributed by atoms with Crippen molar-refractivity contribution in [2.45, 2.75) is 6.61 Å². The van der Waals surface area contributed by atoms with Gasteiger partial charge in [0.05, 0.1) is 6.61 Å². The Morgan fingerprint density at radius 3 is 1.91 bits per heavy atom. The second kappa shape index (κ2) is 4.05. The minimum Gasteiger partial charge on any atom is -0.399 e. The molecular weight excluding hydrogens is 164 g/mol. The van der Waals surface area contributed by atoms with Crippen LogP contribution in [-0.2, 0) is 6.61 Å². The summed E-state index contributed by atoms with van der Waals surface area (Å²) >= 11 is 0. The van der Waals surface area contributed by atoms with Crippen molar-refractivity contribution >= 4 is 23.8 Å². The summed E-state index contributed by atoms with van der Waals surface area (Å²) in [5, 5.41) is 8.68. The van der Waals surface area contributed by atoms with Gasteiger partial charge < -0.3 is 16.6 Å². The van der Waals surface area contributed by atoms with E-state index < -0.39 is 0 Å². The van der Waals surface area contributed by atoms with Gasteiger partial charge in [-0.2, -0.15) is 0 Å². The van der Waals surface area contributed by atoms with Crippen LogP contribution in [0.25, 0.3) is 0 Å². The molecule has 0 heterocycles. The molecule has 0 saturated carbocycles. The monoisotopic (exact) mass is 174 g/mol. The lowest BCUT2D eigenvalue weighted by Gasteiger charge is -1.99. The zero-order chi connectivity index (χ0) is 7.56. The average Bonchev–Trinajstić information content (AvgIpc) is 1.85. The molecule has 0 aromatic heterocycles. The molecule has 0 unspecified atom stereocenters. The first kappa shape index (κ1) is 10.1. The lowest BCUT2D eigenvalue weighted by Crippen LogP contribution is -1.93. The van der Waals surface area contributed by atoms with E-state index in [1.54, 1.807) is 18.2 Å². The molecular formula is C7H11ClN2O. The summed E-state index contributed by atoms with van der Waals surface area (Å²) in [5.74, 6) is 0. The molecule has 0 atom stereocenters. The van der Waals surface area contributed by atoms with E-state index in [2.05, 4.69) is 0 Å². The van der Waals surface area contributed by atoms with Gasteiger partial charge in [-0.05, 0) is 23.8 Å². The van der Waals surface area contributed by atoms with Crippen LogP contribution >= 0.6 is 12.4 Å². The van der Waals surface area contributed by atoms with Crippen molar-refractivity contribution in [1.29, 1.82) is 0 Å². The maximum Gasteiger partial charge on any atom is 0.0683 e. The molecule has 5 N–H and O–H groups in total. The van der Waals surface area contributed by atoms with Crippen LogP contribution < -0.4 is 11.5 Å². The minimum atomic E-state index is -0.0186. The van der Waals surface area contributed by atoms with Gasteiger partial charge in [0.25, 0.3) is 0 Å². The van der Waals surface area contributed by atoms with Gasteiger partial charge in [0.2, 0.25) is 0 Å². The summed E-state index contributed by atoms with van der Waals surface area (Å²) in [6.45, 7) is -0.0186.